The van der Waals surface area contributed by atoms with E-state index in [9.17, 15) is 4.79 Å². The quantitative estimate of drug-likeness (QED) is 0.582. The molecule has 1 aromatic rings. The molecule has 2 N–H and O–H groups in total. The highest BCUT2D eigenvalue weighted by atomic mass is 16.3. The highest BCUT2D eigenvalue weighted by molar-refractivity contribution is 5.81. The van der Waals surface area contributed by atoms with Crippen LogP contribution in [0.2, 0.25) is 0 Å². The molecule has 2 heterocycles. The van der Waals surface area contributed by atoms with Crippen molar-refractivity contribution < 1.29 is 9.21 Å². The molecular weight excluding hydrogens is 352 g/mol. The minimum Gasteiger partial charge on any atom is -0.469 e. The van der Waals surface area contributed by atoms with Crippen molar-refractivity contribution in [1.82, 2.24) is 15.5 Å². The second-order valence-electron chi connectivity index (χ2n) is 8.58. The monoisotopic (exact) mass is 386 g/mol. The summed E-state index contributed by atoms with van der Waals surface area (Å²) in [5, 5.41) is 7.24. The Bertz CT molecular complexity index is 646. The van der Waals surface area contributed by atoms with E-state index in [1.165, 1.54) is 38.5 Å². The van der Waals surface area contributed by atoms with Crippen LogP contribution in [0, 0.1) is 5.92 Å². The zero-order valence-electron chi connectivity index (χ0n) is 16.9. The van der Waals surface area contributed by atoms with Crippen LogP contribution in [0.4, 0.5) is 0 Å². The number of carbonyl (C=O) groups excluding carboxylic acids is 1. The van der Waals surface area contributed by atoms with Crippen LogP contribution in [0.5, 0.6) is 0 Å². The highest BCUT2D eigenvalue weighted by Gasteiger charge is 2.32. The van der Waals surface area contributed by atoms with E-state index in [4.69, 9.17) is 9.41 Å². The highest BCUT2D eigenvalue weighted by Crippen LogP contribution is 2.28. The summed E-state index contributed by atoms with van der Waals surface area (Å²) < 4.78 is 5.42. The predicted molar refractivity (Wildman–Crippen MR) is 110 cm³/mol. The van der Waals surface area contributed by atoms with Crippen molar-refractivity contribution in [3.63, 3.8) is 0 Å². The number of hydrogen-bond acceptors (Lipinski definition) is 3. The SMILES string of the molecule is O=C(C1CCCC1)N1CCC(NC(=NCCc2ccco2)NC2CCCC2)C1. The van der Waals surface area contributed by atoms with E-state index in [-0.39, 0.29) is 5.92 Å². The molecule has 6 nitrogen and oxygen atoms in total. The van der Waals surface area contributed by atoms with Crippen LogP contribution in [0.25, 0.3) is 0 Å². The minimum atomic E-state index is 0.275. The zero-order chi connectivity index (χ0) is 19.2. The third kappa shape index (κ3) is 5.09. The maximum absolute atomic E-state index is 12.7. The first-order chi connectivity index (χ1) is 13.8. The van der Waals surface area contributed by atoms with E-state index in [0.717, 1.165) is 50.5 Å². The van der Waals surface area contributed by atoms with Crippen molar-refractivity contribution in [2.24, 2.45) is 10.9 Å². The van der Waals surface area contributed by atoms with Crippen molar-refractivity contribution in [2.75, 3.05) is 19.6 Å². The molecule has 0 radical (unpaired) electrons. The van der Waals surface area contributed by atoms with Crippen molar-refractivity contribution in [1.29, 1.82) is 0 Å². The molecule has 2 saturated carbocycles. The van der Waals surface area contributed by atoms with Crippen LogP contribution < -0.4 is 10.6 Å². The fraction of sp³-hybridized carbons (Fsp3) is 0.727. The standard InChI is InChI=1S/C22H34N4O2/c27-21(17-6-1-2-7-17)26-14-12-19(16-26)25-22(24-18-8-3-4-9-18)23-13-11-20-10-5-15-28-20/h5,10,15,17-19H,1-4,6-9,11-14,16H2,(H2,23,24,25). The van der Waals surface area contributed by atoms with Gasteiger partial charge in [0.2, 0.25) is 5.91 Å². The number of aliphatic imine (C=N–C) groups is 1. The molecule has 4 rings (SSSR count). The average molecular weight is 387 g/mol. The normalized spacial score (nSPS) is 24.2. The Hall–Kier alpha value is -1.98. The molecule has 1 aromatic heterocycles. The van der Waals surface area contributed by atoms with Crippen molar-refractivity contribution in [3.05, 3.63) is 24.2 Å². The molecule has 2 aliphatic carbocycles. The molecule has 3 aliphatic rings. The molecule has 1 saturated heterocycles. The lowest BCUT2D eigenvalue weighted by molar-refractivity contribution is -0.134. The summed E-state index contributed by atoms with van der Waals surface area (Å²) in [6.07, 6.45) is 13.1. The molecule has 1 unspecified atom stereocenters. The van der Waals surface area contributed by atoms with Gasteiger partial charge in [0, 0.05) is 44.1 Å². The number of nitrogens with zero attached hydrogens (tertiary/aromatic N) is 2. The van der Waals surface area contributed by atoms with Crippen LogP contribution in [0.15, 0.2) is 27.8 Å². The number of amides is 1. The molecule has 28 heavy (non-hydrogen) atoms. The number of guanidine groups is 1. The smallest absolute Gasteiger partial charge is 0.225 e. The summed E-state index contributed by atoms with van der Waals surface area (Å²) in [7, 11) is 0. The van der Waals surface area contributed by atoms with Gasteiger partial charge in [-0.25, -0.2) is 0 Å². The molecule has 1 aliphatic heterocycles. The molecule has 154 valence electrons. The van der Waals surface area contributed by atoms with Crippen LogP contribution in [0.3, 0.4) is 0 Å². The Kier molecular flexibility index (Phi) is 6.55. The maximum Gasteiger partial charge on any atom is 0.225 e. The molecule has 6 heteroatoms. The van der Waals surface area contributed by atoms with Crippen molar-refractivity contribution in [3.8, 4) is 0 Å². The Morgan fingerprint density at radius 1 is 1.07 bits per heavy atom. The van der Waals surface area contributed by atoms with Gasteiger partial charge in [0.05, 0.1) is 6.26 Å². The van der Waals surface area contributed by atoms with E-state index in [1.807, 2.05) is 12.1 Å². The van der Waals surface area contributed by atoms with Gasteiger partial charge in [-0.1, -0.05) is 25.7 Å². The predicted octanol–water partition coefficient (Wildman–Crippen LogP) is 3.09. The van der Waals surface area contributed by atoms with Gasteiger partial charge in [0.1, 0.15) is 5.76 Å². The lowest BCUT2D eigenvalue weighted by atomic mass is 10.1. The van der Waals surface area contributed by atoms with Crippen LogP contribution in [0.1, 0.15) is 63.5 Å². The van der Waals surface area contributed by atoms with Crippen molar-refractivity contribution >= 4 is 11.9 Å². The average Bonchev–Trinajstić information content (AvgIpc) is 3.48. The largest absolute Gasteiger partial charge is 0.469 e. The first kappa shape index (κ1) is 19.3. The molecule has 0 spiro atoms. The van der Waals surface area contributed by atoms with Crippen molar-refractivity contribution in [2.45, 2.75) is 76.3 Å². The second-order valence-corrected chi connectivity index (χ2v) is 8.58. The van der Waals surface area contributed by atoms with Gasteiger partial charge in [-0.15, -0.1) is 0 Å². The van der Waals surface area contributed by atoms with Gasteiger partial charge in [0.15, 0.2) is 5.96 Å². The third-order valence-electron chi connectivity index (χ3n) is 6.45. The Labute approximate surface area is 168 Å². The van der Waals surface area contributed by atoms with Gasteiger partial charge in [-0.3, -0.25) is 9.79 Å². The van der Waals surface area contributed by atoms with Gasteiger partial charge in [-0.2, -0.15) is 0 Å². The molecule has 1 atom stereocenters. The second kappa shape index (κ2) is 9.48. The van der Waals surface area contributed by atoms with E-state index in [2.05, 4.69) is 15.5 Å². The van der Waals surface area contributed by atoms with Crippen LogP contribution in [-0.2, 0) is 11.2 Å². The van der Waals surface area contributed by atoms with E-state index in [1.54, 1.807) is 6.26 Å². The Balaban J connectivity index is 1.31. The number of likely N-dealkylation sites (tertiary alicyclic amines) is 1. The fourth-order valence-corrected chi connectivity index (χ4v) is 4.83. The van der Waals surface area contributed by atoms with Gasteiger partial charge in [-0.05, 0) is 44.2 Å². The maximum atomic E-state index is 12.7. The summed E-state index contributed by atoms with van der Waals surface area (Å²) in [5.41, 5.74) is 0. The summed E-state index contributed by atoms with van der Waals surface area (Å²) in [4.78, 5) is 19.6. The van der Waals surface area contributed by atoms with Gasteiger partial charge < -0.3 is 20.0 Å². The summed E-state index contributed by atoms with van der Waals surface area (Å²) in [5.74, 6) is 2.52. The summed E-state index contributed by atoms with van der Waals surface area (Å²) in [6, 6.07) is 4.73. The Morgan fingerprint density at radius 3 is 2.57 bits per heavy atom. The Morgan fingerprint density at radius 2 is 1.82 bits per heavy atom. The molecule has 0 aromatic carbocycles. The minimum absolute atomic E-state index is 0.275. The van der Waals surface area contributed by atoms with E-state index < -0.39 is 0 Å². The molecule has 1 amide bonds. The lowest BCUT2D eigenvalue weighted by Gasteiger charge is -2.23. The summed E-state index contributed by atoms with van der Waals surface area (Å²) >= 11 is 0. The number of carbonyl (C=O) groups is 1. The van der Waals surface area contributed by atoms with Gasteiger partial charge >= 0.3 is 0 Å². The number of furan rings is 1. The molecule has 0 bridgehead atoms. The van der Waals surface area contributed by atoms with E-state index >= 15 is 0 Å². The summed E-state index contributed by atoms with van der Waals surface area (Å²) in [6.45, 7) is 2.38. The van der Waals surface area contributed by atoms with Gasteiger partial charge in [0.25, 0.3) is 0 Å². The van der Waals surface area contributed by atoms with E-state index in [0.29, 0.717) is 24.5 Å². The molecule has 3 fully saturated rings. The molecular formula is C22H34N4O2. The number of nitrogens with one attached hydrogen (secondary N) is 2. The third-order valence-corrected chi connectivity index (χ3v) is 6.45. The lowest BCUT2D eigenvalue weighted by Crippen LogP contribution is -2.48. The number of hydrogen-bond donors (Lipinski definition) is 2. The van der Waals surface area contributed by atoms with Crippen LogP contribution in [-0.4, -0.2) is 48.5 Å². The fourth-order valence-electron chi connectivity index (χ4n) is 4.83. The topological polar surface area (TPSA) is 69.9 Å². The first-order valence-corrected chi connectivity index (χ1v) is 11.2. The number of rotatable bonds is 6. The first-order valence-electron chi connectivity index (χ1n) is 11.2. The zero-order valence-corrected chi connectivity index (χ0v) is 16.9. The van der Waals surface area contributed by atoms with Crippen LogP contribution >= 0.6 is 0 Å².